The molecular weight excluding hydrogens is 188 g/mol. The predicted molar refractivity (Wildman–Crippen MR) is 62.5 cm³/mol. The molecule has 0 spiro atoms. The van der Waals surface area contributed by atoms with Gasteiger partial charge in [-0.05, 0) is 32.1 Å². The number of unbranched alkanes of at least 4 members (excludes halogenated alkanes) is 2. The number of nitrogens with zero attached hydrogens (tertiary/aromatic N) is 1. The van der Waals surface area contributed by atoms with Gasteiger partial charge in [-0.1, -0.05) is 19.8 Å². The summed E-state index contributed by atoms with van der Waals surface area (Å²) in [4.78, 5) is 13.8. The highest BCUT2D eigenvalue weighted by atomic mass is 16.2. The standard InChI is InChI=1S/C12H24N2O/c1-4-5-6-9-14(3)11(15)12(2,13)10-7-8-10/h10H,4-9,13H2,1-3H3. The van der Waals surface area contributed by atoms with Crippen LogP contribution in [0.1, 0.15) is 46.0 Å². The number of carbonyl (C=O) groups excluding carboxylic acids is 1. The molecule has 0 aliphatic heterocycles. The van der Waals surface area contributed by atoms with Crippen molar-refractivity contribution in [2.45, 2.75) is 51.5 Å². The van der Waals surface area contributed by atoms with Crippen molar-refractivity contribution in [1.82, 2.24) is 4.90 Å². The highest BCUT2D eigenvalue weighted by molar-refractivity contribution is 5.86. The Kier molecular flexibility index (Phi) is 4.14. The average Bonchev–Trinajstić information content (AvgIpc) is 3.00. The second-order valence-corrected chi connectivity index (χ2v) is 4.99. The van der Waals surface area contributed by atoms with Crippen molar-refractivity contribution in [3.63, 3.8) is 0 Å². The summed E-state index contributed by atoms with van der Waals surface area (Å²) in [5.41, 5.74) is 5.46. The first kappa shape index (κ1) is 12.5. The first-order valence-corrected chi connectivity index (χ1v) is 6.04. The minimum absolute atomic E-state index is 0.112. The van der Waals surface area contributed by atoms with E-state index in [0.717, 1.165) is 25.8 Å². The Bertz CT molecular complexity index is 222. The van der Waals surface area contributed by atoms with E-state index in [1.165, 1.54) is 12.8 Å². The molecule has 1 saturated carbocycles. The molecule has 0 aromatic carbocycles. The summed E-state index contributed by atoms with van der Waals surface area (Å²) in [5, 5.41) is 0. The SMILES string of the molecule is CCCCCN(C)C(=O)C(C)(N)C1CC1. The molecule has 1 amide bonds. The molecule has 1 atom stereocenters. The zero-order valence-corrected chi connectivity index (χ0v) is 10.3. The van der Waals surface area contributed by atoms with Crippen molar-refractivity contribution in [3.05, 3.63) is 0 Å². The summed E-state index contributed by atoms with van der Waals surface area (Å²) in [5.74, 6) is 0.528. The number of amides is 1. The maximum Gasteiger partial charge on any atom is 0.242 e. The van der Waals surface area contributed by atoms with Crippen LogP contribution < -0.4 is 5.73 Å². The molecule has 0 saturated heterocycles. The third kappa shape index (κ3) is 3.20. The van der Waals surface area contributed by atoms with Gasteiger partial charge in [0.05, 0.1) is 5.54 Å². The molecule has 0 bridgehead atoms. The number of hydrogen-bond donors (Lipinski definition) is 1. The van der Waals surface area contributed by atoms with Gasteiger partial charge in [-0.25, -0.2) is 0 Å². The Balaban J connectivity index is 2.37. The number of likely N-dealkylation sites (N-methyl/N-ethyl adjacent to an activating group) is 1. The van der Waals surface area contributed by atoms with Crippen LogP contribution in [0.5, 0.6) is 0 Å². The van der Waals surface area contributed by atoms with E-state index < -0.39 is 5.54 Å². The van der Waals surface area contributed by atoms with Gasteiger partial charge in [0.2, 0.25) is 5.91 Å². The fourth-order valence-electron chi connectivity index (χ4n) is 1.97. The Morgan fingerprint density at radius 3 is 2.53 bits per heavy atom. The van der Waals surface area contributed by atoms with Crippen molar-refractivity contribution in [2.24, 2.45) is 11.7 Å². The van der Waals surface area contributed by atoms with E-state index >= 15 is 0 Å². The minimum Gasteiger partial charge on any atom is -0.344 e. The normalized spacial score (nSPS) is 19.7. The lowest BCUT2D eigenvalue weighted by Crippen LogP contribution is -2.54. The first-order chi connectivity index (χ1) is 7.00. The average molecular weight is 212 g/mol. The van der Waals surface area contributed by atoms with E-state index in [1.54, 1.807) is 4.90 Å². The summed E-state index contributed by atoms with van der Waals surface area (Å²) < 4.78 is 0. The monoisotopic (exact) mass is 212 g/mol. The Morgan fingerprint density at radius 2 is 2.07 bits per heavy atom. The Labute approximate surface area is 93.0 Å². The molecule has 0 heterocycles. The van der Waals surface area contributed by atoms with Gasteiger partial charge in [0.1, 0.15) is 0 Å². The lowest BCUT2D eigenvalue weighted by atomic mass is 9.95. The van der Waals surface area contributed by atoms with Crippen LogP contribution in [0.15, 0.2) is 0 Å². The zero-order valence-electron chi connectivity index (χ0n) is 10.3. The van der Waals surface area contributed by atoms with Crippen LogP contribution >= 0.6 is 0 Å². The van der Waals surface area contributed by atoms with Gasteiger partial charge in [-0.2, -0.15) is 0 Å². The highest BCUT2D eigenvalue weighted by Crippen LogP contribution is 2.38. The number of carbonyl (C=O) groups is 1. The molecule has 2 N–H and O–H groups in total. The van der Waals surface area contributed by atoms with Crippen LogP contribution in [0.4, 0.5) is 0 Å². The molecule has 0 radical (unpaired) electrons. The molecule has 15 heavy (non-hydrogen) atoms. The molecule has 3 heteroatoms. The molecule has 88 valence electrons. The highest BCUT2D eigenvalue weighted by Gasteiger charge is 2.45. The van der Waals surface area contributed by atoms with E-state index in [4.69, 9.17) is 5.73 Å². The Morgan fingerprint density at radius 1 is 1.47 bits per heavy atom. The lowest BCUT2D eigenvalue weighted by Gasteiger charge is -2.29. The number of rotatable bonds is 6. The lowest BCUT2D eigenvalue weighted by molar-refractivity contribution is -0.135. The maximum atomic E-state index is 12.0. The van der Waals surface area contributed by atoms with Crippen molar-refractivity contribution in [3.8, 4) is 0 Å². The quantitative estimate of drug-likeness (QED) is 0.682. The minimum atomic E-state index is -0.624. The molecule has 1 aliphatic carbocycles. The van der Waals surface area contributed by atoms with Crippen LogP contribution in [0, 0.1) is 5.92 Å². The molecular formula is C12H24N2O. The zero-order chi connectivity index (χ0) is 11.5. The summed E-state index contributed by atoms with van der Waals surface area (Å²) >= 11 is 0. The summed E-state index contributed by atoms with van der Waals surface area (Å²) in [6.07, 6.45) is 5.68. The van der Waals surface area contributed by atoms with Crippen molar-refractivity contribution in [2.75, 3.05) is 13.6 Å². The summed E-state index contributed by atoms with van der Waals surface area (Å²) in [6, 6.07) is 0. The van der Waals surface area contributed by atoms with E-state index in [1.807, 2.05) is 14.0 Å². The maximum absolute atomic E-state index is 12.0. The van der Waals surface area contributed by atoms with Gasteiger partial charge < -0.3 is 10.6 Å². The van der Waals surface area contributed by atoms with E-state index in [-0.39, 0.29) is 5.91 Å². The molecule has 1 aliphatic rings. The molecule has 0 aromatic heterocycles. The molecule has 1 fully saturated rings. The topological polar surface area (TPSA) is 46.3 Å². The molecule has 0 aromatic rings. The Hall–Kier alpha value is -0.570. The van der Waals surface area contributed by atoms with Gasteiger partial charge in [-0.3, -0.25) is 4.79 Å². The first-order valence-electron chi connectivity index (χ1n) is 6.04. The summed E-state index contributed by atoms with van der Waals surface area (Å²) in [6.45, 7) is 4.88. The largest absolute Gasteiger partial charge is 0.344 e. The van der Waals surface area contributed by atoms with Crippen LogP contribution in [-0.4, -0.2) is 29.9 Å². The van der Waals surface area contributed by atoms with Crippen molar-refractivity contribution >= 4 is 5.91 Å². The number of hydrogen-bond acceptors (Lipinski definition) is 2. The smallest absolute Gasteiger partial charge is 0.242 e. The van der Waals surface area contributed by atoms with Gasteiger partial charge in [0.15, 0.2) is 0 Å². The molecule has 1 rings (SSSR count). The van der Waals surface area contributed by atoms with E-state index in [9.17, 15) is 4.79 Å². The second-order valence-electron chi connectivity index (χ2n) is 4.99. The van der Waals surface area contributed by atoms with Crippen LogP contribution in [-0.2, 0) is 4.79 Å². The van der Waals surface area contributed by atoms with Gasteiger partial charge in [0.25, 0.3) is 0 Å². The van der Waals surface area contributed by atoms with Gasteiger partial charge in [-0.15, -0.1) is 0 Å². The third-order valence-corrected chi connectivity index (χ3v) is 3.33. The van der Waals surface area contributed by atoms with Gasteiger partial charge >= 0.3 is 0 Å². The molecule has 1 unspecified atom stereocenters. The second kappa shape index (κ2) is 4.97. The van der Waals surface area contributed by atoms with Crippen molar-refractivity contribution < 1.29 is 4.79 Å². The van der Waals surface area contributed by atoms with E-state index in [0.29, 0.717) is 5.92 Å². The summed E-state index contributed by atoms with van der Waals surface area (Å²) in [7, 11) is 1.87. The molecule has 3 nitrogen and oxygen atoms in total. The third-order valence-electron chi connectivity index (χ3n) is 3.33. The number of nitrogens with two attached hydrogens (primary N) is 1. The van der Waals surface area contributed by atoms with Crippen LogP contribution in [0.2, 0.25) is 0 Å². The van der Waals surface area contributed by atoms with Crippen LogP contribution in [0.3, 0.4) is 0 Å². The van der Waals surface area contributed by atoms with Gasteiger partial charge in [0, 0.05) is 13.6 Å². The fraction of sp³-hybridized carbons (Fsp3) is 0.917. The predicted octanol–water partition coefficient (Wildman–Crippen LogP) is 1.76. The van der Waals surface area contributed by atoms with Crippen LogP contribution in [0.25, 0.3) is 0 Å². The van der Waals surface area contributed by atoms with Crippen molar-refractivity contribution in [1.29, 1.82) is 0 Å². The van der Waals surface area contributed by atoms with E-state index in [2.05, 4.69) is 6.92 Å². The fourth-order valence-corrected chi connectivity index (χ4v) is 1.97.